The molecule has 1 heterocycles. The maximum Gasteiger partial charge on any atom is 0.399 e. The normalized spacial score (nSPS) is 10.7. The molecule has 114 valence electrons. The maximum atomic E-state index is 12.0. The van der Waals surface area contributed by atoms with Gasteiger partial charge in [0.2, 0.25) is 5.69 Å². The highest BCUT2D eigenvalue weighted by Gasteiger charge is 2.25. The van der Waals surface area contributed by atoms with Crippen molar-refractivity contribution in [3.05, 3.63) is 35.5 Å². The monoisotopic (exact) mass is 311 g/mol. The molecule has 0 spiro atoms. The second-order valence-corrected chi connectivity index (χ2v) is 4.01. The highest BCUT2D eigenvalue weighted by Crippen LogP contribution is 2.22. The lowest BCUT2D eigenvalue weighted by Gasteiger charge is -2.03. The van der Waals surface area contributed by atoms with Gasteiger partial charge < -0.3 is 9.84 Å². The number of halogens is 3. The van der Waals surface area contributed by atoms with Gasteiger partial charge in [0, 0.05) is 5.56 Å². The van der Waals surface area contributed by atoms with E-state index in [1.807, 2.05) is 5.92 Å². The molecule has 0 atom stereocenters. The average Bonchev–Trinajstić information content (AvgIpc) is 2.88. The first kappa shape index (κ1) is 15.4. The Bertz CT molecular complexity index is 727. The van der Waals surface area contributed by atoms with Gasteiger partial charge in [-0.25, -0.2) is 9.89 Å². The smallest absolute Gasteiger partial charge is 0.399 e. The third kappa shape index (κ3) is 4.24. The number of alkyl halides is 3. The minimum absolute atomic E-state index is 0.150. The summed E-state index contributed by atoms with van der Waals surface area (Å²) in [7, 11) is 0. The number of carboxylic acid groups (broad SMARTS) is 1. The number of nitrogens with zero attached hydrogens (tertiary/aromatic N) is 2. The van der Waals surface area contributed by atoms with Gasteiger partial charge in [-0.1, -0.05) is 17.1 Å². The van der Waals surface area contributed by atoms with E-state index in [1.165, 1.54) is 24.3 Å². The van der Waals surface area contributed by atoms with Crippen LogP contribution in [0.3, 0.4) is 0 Å². The summed E-state index contributed by atoms with van der Waals surface area (Å²) in [5.41, 5.74) is -0.00756. The summed E-state index contributed by atoms with van der Waals surface area (Å²) in [6, 6.07) is 5.76. The Morgan fingerprint density at radius 3 is 2.59 bits per heavy atom. The van der Waals surface area contributed by atoms with E-state index in [-0.39, 0.29) is 17.3 Å². The predicted octanol–water partition coefficient (Wildman–Crippen LogP) is 2.60. The lowest BCUT2D eigenvalue weighted by Crippen LogP contribution is -2.04. The fourth-order valence-electron chi connectivity index (χ4n) is 1.40. The molecule has 9 heteroatoms. The molecule has 0 aliphatic rings. The number of carboxylic acids is 1. The molecule has 2 rings (SSSR count). The van der Waals surface area contributed by atoms with E-state index in [0.717, 1.165) is 0 Å². The number of aromatic amines is 1. The van der Waals surface area contributed by atoms with Gasteiger partial charge in [0.05, 0.1) is 0 Å². The van der Waals surface area contributed by atoms with Gasteiger partial charge in [-0.3, -0.25) is 0 Å². The molecule has 0 saturated carbocycles. The number of hydrogen-bond acceptors (Lipinski definition) is 4. The number of carbonyl (C=O) groups is 1. The molecule has 2 N–H and O–H groups in total. The molecule has 0 amide bonds. The summed E-state index contributed by atoms with van der Waals surface area (Å²) in [5.74, 6) is 3.18. The molecular formula is C13H8F3N3O3. The Hall–Kier alpha value is -3.02. The van der Waals surface area contributed by atoms with Crippen LogP contribution in [0.4, 0.5) is 13.2 Å². The third-order valence-electron chi connectivity index (χ3n) is 2.31. The fourth-order valence-corrected chi connectivity index (χ4v) is 1.40. The summed E-state index contributed by atoms with van der Waals surface area (Å²) >= 11 is 0. The zero-order valence-electron chi connectivity index (χ0n) is 10.8. The number of benzene rings is 1. The molecule has 0 saturated heterocycles. The second kappa shape index (κ2) is 6.17. The van der Waals surface area contributed by atoms with E-state index in [2.05, 4.69) is 21.3 Å². The third-order valence-corrected chi connectivity index (χ3v) is 2.31. The SMILES string of the molecule is O=C(O)c1nn[nH]c1Oc1ccc(C#CCC(F)(F)F)cc1. The number of aromatic carboxylic acids is 1. The molecule has 0 aliphatic carbocycles. The molecular weight excluding hydrogens is 303 g/mol. The number of hydrogen-bond donors (Lipinski definition) is 2. The number of H-pyrrole nitrogens is 1. The molecule has 0 aliphatic heterocycles. The van der Waals surface area contributed by atoms with E-state index in [9.17, 15) is 18.0 Å². The lowest BCUT2D eigenvalue weighted by molar-refractivity contribution is -0.123. The summed E-state index contributed by atoms with van der Waals surface area (Å²) in [5, 5.41) is 17.8. The summed E-state index contributed by atoms with van der Waals surface area (Å²) in [6.07, 6.45) is -5.51. The van der Waals surface area contributed by atoms with Gasteiger partial charge >= 0.3 is 12.1 Å². The van der Waals surface area contributed by atoms with Crippen LogP contribution in [0.25, 0.3) is 0 Å². The Morgan fingerprint density at radius 2 is 2.00 bits per heavy atom. The quantitative estimate of drug-likeness (QED) is 0.851. The Balaban J connectivity index is 2.06. The predicted molar refractivity (Wildman–Crippen MR) is 67.4 cm³/mol. The first-order valence-electron chi connectivity index (χ1n) is 5.83. The van der Waals surface area contributed by atoms with Gasteiger partial charge in [0.25, 0.3) is 5.88 Å². The van der Waals surface area contributed by atoms with Crippen LogP contribution in [0.5, 0.6) is 11.6 Å². The number of rotatable bonds is 3. The van der Waals surface area contributed by atoms with Crippen LogP contribution in [0.1, 0.15) is 22.5 Å². The number of aromatic nitrogens is 3. The van der Waals surface area contributed by atoms with E-state index < -0.39 is 18.6 Å². The van der Waals surface area contributed by atoms with E-state index in [0.29, 0.717) is 5.56 Å². The summed E-state index contributed by atoms with van der Waals surface area (Å²) in [4.78, 5) is 10.8. The van der Waals surface area contributed by atoms with E-state index >= 15 is 0 Å². The van der Waals surface area contributed by atoms with Crippen LogP contribution >= 0.6 is 0 Å². The molecule has 0 radical (unpaired) electrons. The van der Waals surface area contributed by atoms with Gasteiger partial charge in [-0.05, 0) is 24.3 Å². The van der Waals surface area contributed by atoms with Crippen molar-refractivity contribution in [1.29, 1.82) is 0 Å². The van der Waals surface area contributed by atoms with Gasteiger partial charge in [-0.15, -0.1) is 5.10 Å². The molecule has 22 heavy (non-hydrogen) atoms. The molecule has 1 aromatic heterocycles. The standard InChI is InChI=1S/C13H8F3N3O3/c14-13(15,16)7-1-2-8-3-5-9(6-4-8)22-11-10(12(20)21)17-19-18-11/h3-6H,7H2,(H,20,21)(H,17,18,19). The highest BCUT2D eigenvalue weighted by molar-refractivity contribution is 5.87. The van der Waals surface area contributed by atoms with Crippen molar-refractivity contribution < 1.29 is 27.8 Å². The number of ether oxygens (including phenoxy) is 1. The lowest BCUT2D eigenvalue weighted by atomic mass is 10.2. The first-order chi connectivity index (χ1) is 10.3. The molecule has 2 aromatic rings. The van der Waals surface area contributed by atoms with Crippen molar-refractivity contribution in [2.45, 2.75) is 12.6 Å². The van der Waals surface area contributed by atoms with Gasteiger partial charge in [-0.2, -0.15) is 13.2 Å². The van der Waals surface area contributed by atoms with E-state index in [1.54, 1.807) is 0 Å². The van der Waals surface area contributed by atoms with Crippen molar-refractivity contribution in [2.24, 2.45) is 0 Å². The van der Waals surface area contributed by atoms with E-state index in [4.69, 9.17) is 9.84 Å². The first-order valence-corrected chi connectivity index (χ1v) is 5.83. The number of nitrogens with one attached hydrogen (secondary N) is 1. The molecule has 0 fully saturated rings. The average molecular weight is 311 g/mol. The van der Waals surface area contributed by atoms with Crippen LogP contribution in [0.2, 0.25) is 0 Å². The van der Waals surface area contributed by atoms with Crippen LogP contribution in [0.15, 0.2) is 24.3 Å². The van der Waals surface area contributed by atoms with Crippen molar-refractivity contribution >= 4 is 5.97 Å². The second-order valence-electron chi connectivity index (χ2n) is 4.01. The minimum Gasteiger partial charge on any atom is -0.476 e. The molecule has 0 unspecified atom stereocenters. The van der Waals surface area contributed by atoms with Crippen LogP contribution in [0, 0.1) is 11.8 Å². The largest absolute Gasteiger partial charge is 0.476 e. The highest BCUT2D eigenvalue weighted by atomic mass is 19.4. The zero-order valence-corrected chi connectivity index (χ0v) is 10.8. The summed E-state index contributed by atoms with van der Waals surface area (Å²) in [6.45, 7) is 0. The Kier molecular flexibility index (Phi) is 4.31. The summed E-state index contributed by atoms with van der Waals surface area (Å²) < 4.78 is 41.1. The molecule has 6 nitrogen and oxygen atoms in total. The van der Waals surface area contributed by atoms with Crippen LogP contribution < -0.4 is 4.74 Å². The minimum atomic E-state index is -4.32. The zero-order chi connectivity index (χ0) is 16.2. The van der Waals surface area contributed by atoms with Crippen LogP contribution in [-0.2, 0) is 0 Å². The van der Waals surface area contributed by atoms with Crippen molar-refractivity contribution in [3.8, 4) is 23.5 Å². The van der Waals surface area contributed by atoms with Crippen molar-refractivity contribution in [1.82, 2.24) is 15.4 Å². The topological polar surface area (TPSA) is 88.1 Å². The molecule has 1 aromatic carbocycles. The Morgan fingerprint density at radius 1 is 1.32 bits per heavy atom. The van der Waals surface area contributed by atoms with Crippen LogP contribution in [-0.4, -0.2) is 32.7 Å². The van der Waals surface area contributed by atoms with Gasteiger partial charge in [0.1, 0.15) is 12.2 Å². The Labute approximate surface area is 121 Å². The van der Waals surface area contributed by atoms with Gasteiger partial charge in [0.15, 0.2) is 0 Å². The maximum absolute atomic E-state index is 12.0. The van der Waals surface area contributed by atoms with Crippen molar-refractivity contribution in [3.63, 3.8) is 0 Å². The van der Waals surface area contributed by atoms with Crippen molar-refractivity contribution in [2.75, 3.05) is 0 Å². The molecule has 0 bridgehead atoms. The fraction of sp³-hybridized carbons (Fsp3) is 0.154.